The van der Waals surface area contributed by atoms with Crippen molar-refractivity contribution in [3.63, 3.8) is 0 Å². The number of hydrogen-bond donors (Lipinski definition) is 1. The van der Waals surface area contributed by atoms with Gasteiger partial charge in [0, 0.05) is 23.6 Å². The van der Waals surface area contributed by atoms with Gasteiger partial charge in [0.05, 0.1) is 4.90 Å². The first kappa shape index (κ1) is 11.6. The molecule has 1 aliphatic heterocycles. The third kappa shape index (κ3) is 1.74. The lowest BCUT2D eigenvalue weighted by molar-refractivity contribution is 0.432. The Balaban J connectivity index is 1.90. The number of nitrogens with zero attached hydrogens (tertiary/aromatic N) is 1. The smallest absolute Gasteiger partial charge is 0.244 e. The number of nitrogens with two attached hydrogens (primary N) is 1. The molecule has 0 bridgehead atoms. The molecule has 2 aliphatic rings. The molecule has 0 amide bonds. The number of sulfonamides is 1. The third-order valence-corrected chi connectivity index (χ3v) is 6.52. The van der Waals surface area contributed by atoms with Gasteiger partial charge < -0.3 is 5.73 Å². The van der Waals surface area contributed by atoms with Crippen LogP contribution in [0, 0.1) is 11.8 Å². The maximum atomic E-state index is 12.4. The predicted molar refractivity (Wildman–Crippen MR) is 67.9 cm³/mol. The van der Waals surface area contributed by atoms with Crippen LogP contribution < -0.4 is 5.73 Å². The van der Waals surface area contributed by atoms with Crippen LogP contribution in [0.15, 0.2) is 33.6 Å². The Morgan fingerprint density at radius 3 is 2.41 bits per heavy atom. The van der Waals surface area contributed by atoms with E-state index in [9.17, 15) is 8.42 Å². The zero-order valence-corrected chi connectivity index (χ0v) is 11.5. The maximum absolute atomic E-state index is 12.4. The van der Waals surface area contributed by atoms with Crippen LogP contribution in [0.2, 0.25) is 0 Å². The number of piperidine rings is 1. The lowest BCUT2D eigenvalue weighted by Gasteiger charge is -2.19. The van der Waals surface area contributed by atoms with Crippen molar-refractivity contribution in [2.75, 3.05) is 13.1 Å². The summed E-state index contributed by atoms with van der Waals surface area (Å²) in [5.74, 6) is 0.736. The topological polar surface area (TPSA) is 63.4 Å². The summed E-state index contributed by atoms with van der Waals surface area (Å²) >= 11 is 3.29. The number of benzene rings is 1. The lowest BCUT2D eigenvalue weighted by atomic mass is 10.4. The van der Waals surface area contributed by atoms with Crippen LogP contribution in [-0.4, -0.2) is 31.9 Å². The second-order valence-electron chi connectivity index (χ2n) is 4.66. The van der Waals surface area contributed by atoms with Gasteiger partial charge in [0.2, 0.25) is 10.0 Å². The first-order chi connectivity index (χ1) is 8.01. The summed E-state index contributed by atoms with van der Waals surface area (Å²) in [6.45, 7) is 1.13. The Hall–Kier alpha value is -0.430. The normalized spacial score (nSPS) is 32.5. The van der Waals surface area contributed by atoms with Gasteiger partial charge >= 0.3 is 0 Å². The Bertz CT molecular complexity index is 548. The molecule has 1 aliphatic carbocycles. The standard InChI is InChI=1S/C11H13BrN2O2S/c12-9-3-1-2-4-10(9)17(15,16)14-5-7-8(6-14)11(7)13/h1-4,7-8,11H,5-6,13H2. The van der Waals surface area contributed by atoms with Crippen molar-refractivity contribution in [2.24, 2.45) is 17.6 Å². The SMILES string of the molecule is NC1C2CN(S(=O)(=O)c3ccccc3Br)CC12. The highest BCUT2D eigenvalue weighted by molar-refractivity contribution is 9.10. The highest BCUT2D eigenvalue weighted by Crippen LogP contribution is 2.45. The van der Waals surface area contributed by atoms with Gasteiger partial charge in [-0.15, -0.1) is 0 Å². The molecule has 3 rings (SSSR count). The number of fused-ring (bicyclic) bond motifs is 1. The quantitative estimate of drug-likeness (QED) is 0.886. The Kier molecular flexibility index (Phi) is 2.59. The molecule has 0 aromatic heterocycles. The van der Waals surface area contributed by atoms with Crippen LogP contribution in [0.5, 0.6) is 0 Å². The van der Waals surface area contributed by atoms with Crippen molar-refractivity contribution in [2.45, 2.75) is 10.9 Å². The van der Waals surface area contributed by atoms with E-state index < -0.39 is 10.0 Å². The van der Waals surface area contributed by atoms with Crippen molar-refractivity contribution in [3.8, 4) is 0 Å². The third-order valence-electron chi connectivity index (χ3n) is 3.68. The van der Waals surface area contributed by atoms with E-state index >= 15 is 0 Å². The first-order valence-corrected chi connectivity index (χ1v) is 7.75. The van der Waals surface area contributed by atoms with Gasteiger partial charge in [0.25, 0.3) is 0 Å². The molecule has 6 heteroatoms. The van der Waals surface area contributed by atoms with E-state index in [0.29, 0.717) is 34.3 Å². The summed E-state index contributed by atoms with van der Waals surface area (Å²) in [5.41, 5.74) is 5.82. The monoisotopic (exact) mass is 316 g/mol. The van der Waals surface area contributed by atoms with Crippen LogP contribution >= 0.6 is 15.9 Å². The minimum Gasteiger partial charge on any atom is -0.327 e. The maximum Gasteiger partial charge on any atom is 0.244 e. The minimum absolute atomic E-state index is 0.209. The molecule has 0 spiro atoms. The average Bonchev–Trinajstić information content (AvgIpc) is 2.76. The van der Waals surface area contributed by atoms with Crippen molar-refractivity contribution in [3.05, 3.63) is 28.7 Å². The Morgan fingerprint density at radius 2 is 1.82 bits per heavy atom. The van der Waals surface area contributed by atoms with Gasteiger partial charge in [-0.1, -0.05) is 12.1 Å². The van der Waals surface area contributed by atoms with Gasteiger partial charge in [-0.25, -0.2) is 8.42 Å². The zero-order chi connectivity index (χ0) is 12.2. The molecule has 1 saturated carbocycles. The van der Waals surface area contributed by atoms with Gasteiger partial charge in [0.15, 0.2) is 0 Å². The molecule has 17 heavy (non-hydrogen) atoms. The minimum atomic E-state index is -3.36. The second-order valence-corrected chi connectivity index (χ2v) is 7.42. The van der Waals surface area contributed by atoms with Gasteiger partial charge in [-0.05, 0) is 39.9 Å². The van der Waals surface area contributed by atoms with Crippen LogP contribution in [0.3, 0.4) is 0 Å². The summed E-state index contributed by atoms with van der Waals surface area (Å²) in [6, 6.07) is 7.12. The first-order valence-electron chi connectivity index (χ1n) is 5.52. The molecule has 1 aromatic rings. The predicted octanol–water partition coefficient (Wildman–Crippen LogP) is 1.03. The number of rotatable bonds is 2. The molecule has 2 atom stereocenters. The van der Waals surface area contributed by atoms with E-state index in [4.69, 9.17) is 5.73 Å². The van der Waals surface area contributed by atoms with Crippen LogP contribution in [0.25, 0.3) is 0 Å². The zero-order valence-electron chi connectivity index (χ0n) is 9.08. The molecule has 1 aromatic carbocycles. The molecule has 4 nitrogen and oxygen atoms in total. The molecule has 2 N–H and O–H groups in total. The van der Waals surface area contributed by atoms with Crippen molar-refractivity contribution < 1.29 is 8.42 Å². The molecule has 2 fully saturated rings. The van der Waals surface area contributed by atoms with Crippen molar-refractivity contribution >= 4 is 26.0 Å². The summed E-state index contributed by atoms with van der Waals surface area (Å²) in [4.78, 5) is 0.342. The molecule has 1 heterocycles. The van der Waals surface area contributed by atoms with Crippen LogP contribution in [-0.2, 0) is 10.0 Å². The van der Waals surface area contributed by atoms with Gasteiger partial charge in [-0.3, -0.25) is 0 Å². The summed E-state index contributed by atoms with van der Waals surface area (Å²) in [5, 5.41) is 0. The molecular weight excluding hydrogens is 304 g/mol. The van der Waals surface area contributed by atoms with E-state index in [0.717, 1.165) is 0 Å². The fourth-order valence-corrected chi connectivity index (χ4v) is 5.00. The molecule has 1 saturated heterocycles. The van der Waals surface area contributed by atoms with E-state index in [1.165, 1.54) is 0 Å². The Labute approximate surface area is 109 Å². The van der Waals surface area contributed by atoms with E-state index in [-0.39, 0.29) is 6.04 Å². The highest BCUT2D eigenvalue weighted by atomic mass is 79.9. The fraction of sp³-hybridized carbons (Fsp3) is 0.455. The summed E-state index contributed by atoms with van der Waals surface area (Å²) < 4.78 is 26.9. The van der Waals surface area contributed by atoms with Crippen LogP contribution in [0.4, 0.5) is 0 Å². The van der Waals surface area contributed by atoms with E-state index in [1.54, 1.807) is 28.6 Å². The average molecular weight is 317 g/mol. The number of halogens is 1. The Morgan fingerprint density at radius 1 is 1.24 bits per heavy atom. The lowest BCUT2D eigenvalue weighted by Crippen LogP contribution is -2.34. The molecule has 0 radical (unpaired) electrons. The largest absolute Gasteiger partial charge is 0.327 e. The molecule has 2 unspecified atom stereocenters. The fourth-order valence-electron chi connectivity index (χ4n) is 2.52. The van der Waals surface area contributed by atoms with Gasteiger partial charge in [0.1, 0.15) is 0 Å². The van der Waals surface area contributed by atoms with Crippen molar-refractivity contribution in [1.29, 1.82) is 0 Å². The highest BCUT2D eigenvalue weighted by Gasteiger charge is 2.56. The summed E-state index contributed by atoms with van der Waals surface area (Å²) in [6.07, 6.45) is 0. The summed E-state index contributed by atoms with van der Waals surface area (Å²) in [7, 11) is -3.36. The molecule has 92 valence electrons. The van der Waals surface area contributed by atoms with E-state index in [1.807, 2.05) is 0 Å². The molecular formula is C11H13BrN2O2S. The van der Waals surface area contributed by atoms with Crippen molar-refractivity contribution in [1.82, 2.24) is 4.31 Å². The van der Waals surface area contributed by atoms with E-state index in [2.05, 4.69) is 15.9 Å². The van der Waals surface area contributed by atoms with Crippen LogP contribution in [0.1, 0.15) is 0 Å². The number of hydrogen-bond acceptors (Lipinski definition) is 3. The van der Waals surface area contributed by atoms with Gasteiger partial charge in [-0.2, -0.15) is 4.31 Å². The second kappa shape index (κ2) is 3.78.